The minimum Gasteiger partial charge on any atom is -0.486 e. The number of nitrogens with one attached hydrogen (secondary N) is 1. The van der Waals surface area contributed by atoms with E-state index in [2.05, 4.69) is 14.8 Å². The third kappa shape index (κ3) is 5.75. The number of ether oxygens (including phenoxy) is 1. The molecule has 0 amide bonds. The first-order chi connectivity index (χ1) is 11.0. The zero-order valence-corrected chi connectivity index (χ0v) is 15.0. The SMILES string of the molecule is Cl.Cn1ncnc1COc1ccc(S(=O)(=O)NCCCCN)cc1. The molecule has 134 valence electrons. The average molecular weight is 376 g/mol. The van der Waals surface area contributed by atoms with Crippen molar-refractivity contribution in [3.8, 4) is 5.75 Å². The zero-order chi connectivity index (χ0) is 16.7. The third-order valence-corrected chi connectivity index (χ3v) is 4.71. The van der Waals surface area contributed by atoms with Crippen molar-refractivity contribution < 1.29 is 13.2 Å². The number of sulfonamides is 1. The van der Waals surface area contributed by atoms with Gasteiger partial charge in [0.15, 0.2) is 5.82 Å². The molecule has 3 N–H and O–H groups in total. The maximum absolute atomic E-state index is 12.1. The molecule has 0 aliphatic rings. The van der Waals surface area contributed by atoms with Gasteiger partial charge in [-0.25, -0.2) is 18.1 Å². The van der Waals surface area contributed by atoms with Crippen molar-refractivity contribution in [1.82, 2.24) is 19.5 Å². The Hall–Kier alpha value is -1.68. The van der Waals surface area contributed by atoms with Gasteiger partial charge in [-0.05, 0) is 43.7 Å². The van der Waals surface area contributed by atoms with Crippen molar-refractivity contribution in [2.24, 2.45) is 12.8 Å². The summed E-state index contributed by atoms with van der Waals surface area (Å²) in [6.07, 6.45) is 2.96. The molecule has 8 nitrogen and oxygen atoms in total. The highest BCUT2D eigenvalue weighted by molar-refractivity contribution is 7.89. The maximum Gasteiger partial charge on any atom is 0.240 e. The molecule has 0 aliphatic heterocycles. The van der Waals surface area contributed by atoms with Gasteiger partial charge in [0.05, 0.1) is 4.90 Å². The second-order valence-corrected chi connectivity index (χ2v) is 6.72. The minimum atomic E-state index is -3.50. The second-order valence-electron chi connectivity index (χ2n) is 4.95. The molecule has 0 bridgehead atoms. The number of hydrogen-bond donors (Lipinski definition) is 2. The lowest BCUT2D eigenvalue weighted by atomic mass is 10.3. The van der Waals surface area contributed by atoms with E-state index < -0.39 is 10.0 Å². The Morgan fingerprint density at radius 1 is 1.25 bits per heavy atom. The lowest BCUT2D eigenvalue weighted by Crippen LogP contribution is -2.25. The monoisotopic (exact) mass is 375 g/mol. The summed E-state index contributed by atoms with van der Waals surface area (Å²) < 4.78 is 33.9. The van der Waals surface area contributed by atoms with E-state index in [0.717, 1.165) is 6.42 Å². The van der Waals surface area contributed by atoms with Crippen LogP contribution in [0.3, 0.4) is 0 Å². The molecule has 1 aromatic carbocycles. The zero-order valence-electron chi connectivity index (χ0n) is 13.4. The molecule has 0 fully saturated rings. The number of benzene rings is 1. The first kappa shape index (κ1) is 20.4. The summed E-state index contributed by atoms with van der Waals surface area (Å²) in [6.45, 7) is 1.20. The maximum atomic E-state index is 12.1. The molecule has 0 aliphatic carbocycles. The Morgan fingerprint density at radius 3 is 2.54 bits per heavy atom. The summed E-state index contributed by atoms with van der Waals surface area (Å²) in [7, 11) is -1.72. The van der Waals surface area contributed by atoms with Crippen LogP contribution in [0.5, 0.6) is 5.75 Å². The number of hydrogen-bond acceptors (Lipinski definition) is 6. The van der Waals surface area contributed by atoms with E-state index >= 15 is 0 Å². The molecule has 10 heteroatoms. The molecular weight excluding hydrogens is 354 g/mol. The van der Waals surface area contributed by atoms with Crippen molar-refractivity contribution in [2.45, 2.75) is 24.3 Å². The standard InChI is InChI=1S/C14H21N5O3S.ClH/c1-19-14(16-11-17-19)10-22-12-4-6-13(7-5-12)23(20,21)18-9-3-2-8-15;/h4-7,11,18H,2-3,8-10,15H2,1H3;1H. The Kier molecular flexibility index (Phi) is 8.13. The van der Waals surface area contributed by atoms with Gasteiger partial charge in [-0.15, -0.1) is 12.4 Å². The first-order valence-corrected chi connectivity index (χ1v) is 8.77. The van der Waals surface area contributed by atoms with Crippen LogP contribution in [0.4, 0.5) is 0 Å². The van der Waals surface area contributed by atoms with E-state index in [1.165, 1.54) is 18.5 Å². The molecule has 0 unspecified atom stereocenters. The molecule has 0 saturated heterocycles. The molecule has 2 aromatic rings. The van der Waals surface area contributed by atoms with Gasteiger partial charge in [0.2, 0.25) is 10.0 Å². The number of aromatic nitrogens is 3. The van der Waals surface area contributed by atoms with E-state index in [4.69, 9.17) is 10.5 Å². The number of unbranched alkanes of at least 4 members (excludes halogenated alkanes) is 1. The van der Waals surface area contributed by atoms with Crippen molar-refractivity contribution in [3.63, 3.8) is 0 Å². The average Bonchev–Trinajstić information content (AvgIpc) is 2.95. The summed E-state index contributed by atoms with van der Waals surface area (Å²) in [5, 5.41) is 3.95. The van der Waals surface area contributed by atoms with Gasteiger partial charge in [0, 0.05) is 13.6 Å². The molecule has 1 aromatic heterocycles. The van der Waals surface area contributed by atoms with Crippen LogP contribution in [0, 0.1) is 0 Å². The van der Waals surface area contributed by atoms with Gasteiger partial charge in [0.1, 0.15) is 18.7 Å². The predicted molar refractivity (Wildman–Crippen MR) is 92.5 cm³/mol. The van der Waals surface area contributed by atoms with Gasteiger partial charge in [-0.1, -0.05) is 0 Å². The predicted octanol–water partition coefficient (Wildman–Crippen LogP) is 0.833. The van der Waals surface area contributed by atoms with Crippen LogP contribution in [0.25, 0.3) is 0 Å². The van der Waals surface area contributed by atoms with Crippen LogP contribution in [-0.4, -0.2) is 36.3 Å². The van der Waals surface area contributed by atoms with Gasteiger partial charge >= 0.3 is 0 Å². The molecule has 1 heterocycles. The van der Waals surface area contributed by atoms with Gasteiger partial charge in [-0.3, -0.25) is 4.68 Å². The Morgan fingerprint density at radius 2 is 1.96 bits per heavy atom. The Bertz CT molecular complexity index is 718. The molecule has 2 rings (SSSR count). The van der Waals surface area contributed by atoms with E-state index in [1.54, 1.807) is 23.9 Å². The van der Waals surface area contributed by atoms with E-state index in [1.807, 2.05) is 0 Å². The molecule has 0 saturated carbocycles. The van der Waals surface area contributed by atoms with E-state index in [9.17, 15) is 8.42 Å². The van der Waals surface area contributed by atoms with Gasteiger partial charge in [-0.2, -0.15) is 5.10 Å². The first-order valence-electron chi connectivity index (χ1n) is 7.28. The summed E-state index contributed by atoms with van der Waals surface area (Å²) in [5.41, 5.74) is 5.38. The number of halogens is 1. The van der Waals surface area contributed by atoms with Crippen LogP contribution in [-0.2, 0) is 23.7 Å². The van der Waals surface area contributed by atoms with Crippen LogP contribution in [0.15, 0.2) is 35.5 Å². The normalized spacial score (nSPS) is 11.1. The lowest BCUT2D eigenvalue weighted by Gasteiger charge is -2.08. The van der Waals surface area contributed by atoms with Crippen molar-refractivity contribution >= 4 is 22.4 Å². The van der Waals surface area contributed by atoms with E-state index in [-0.39, 0.29) is 23.9 Å². The third-order valence-electron chi connectivity index (χ3n) is 3.23. The quantitative estimate of drug-likeness (QED) is 0.628. The van der Waals surface area contributed by atoms with Gasteiger partial charge < -0.3 is 10.5 Å². The number of nitrogens with two attached hydrogens (primary N) is 1. The molecular formula is C14H22ClN5O3S. The van der Waals surface area contributed by atoms with Crippen LogP contribution in [0.2, 0.25) is 0 Å². The minimum absolute atomic E-state index is 0. The fraction of sp³-hybridized carbons (Fsp3) is 0.429. The summed E-state index contributed by atoms with van der Waals surface area (Å²) in [5.74, 6) is 1.25. The van der Waals surface area contributed by atoms with Crippen molar-refractivity contribution in [2.75, 3.05) is 13.1 Å². The number of aryl methyl sites for hydroxylation is 1. The second kappa shape index (κ2) is 9.58. The molecule has 0 spiro atoms. The van der Waals surface area contributed by atoms with Crippen LogP contribution < -0.4 is 15.2 Å². The van der Waals surface area contributed by atoms with Crippen LogP contribution in [0.1, 0.15) is 18.7 Å². The summed E-state index contributed by atoms with van der Waals surface area (Å²) >= 11 is 0. The summed E-state index contributed by atoms with van der Waals surface area (Å²) in [4.78, 5) is 4.25. The van der Waals surface area contributed by atoms with Gasteiger partial charge in [0.25, 0.3) is 0 Å². The highest BCUT2D eigenvalue weighted by atomic mass is 35.5. The number of nitrogens with zero attached hydrogens (tertiary/aromatic N) is 3. The smallest absolute Gasteiger partial charge is 0.240 e. The van der Waals surface area contributed by atoms with Crippen molar-refractivity contribution in [3.05, 3.63) is 36.4 Å². The highest BCUT2D eigenvalue weighted by Crippen LogP contribution is 2.16. The largest absolute Gasteiger partial charge is 0.486 e. The van der Waals surface area contributed by atoms with Crippen molar-refractivity contribution in [1.29, 1.82) is 0 Å². The Balaban J connectivity index is 0.00000288. The highest BCUT2D eigenvalue weighted by Gasteiger charge is 2.13. The summed E-state index contributed by atoms with van der Waals surface area (Å²) in [6, 6.07) is 6.25. The lowest BCUT2D eigenvalue weighted by molar-refractivity contribution is 0.289. The molecule has 24 heavy (non-hydrogen) atoms. The molecule has 0 radical (unpaired) electrons. The van der Waals surface area contributed by atoms with E-state index in [0.29, 0.717) is 31.1 Å². The molecule has 0 atom stereocenters. The fourth-order valence-electron chi connectivity index (χ4n) is 1.87. The topological polar surface area (TPSA) is 112 Å². The Labute approximate surface area is 147 Å². The van der Waals surface area contributed by atoms with Crippen LogP contribution >= 0.6 is 12.4 Å². The fourth-order valence-corrected chi connectivity index (χ4v) is 2.95. The number of rotatable bonds is 9.